The highest BCUT2D eigenvalue weighted by atomic mass is 32.2. The molecule has 40 heavy (non-hydrogen) atoms. The number of thiol groups is 1. The lowest BCUT2D eigenvalue weighted by molar-refractivity contribution is -0.153. The van der Waals surface area contributed by atoms with Crippen molar-refractivity contribution in [1.82, 2.24) is 19.1 Å². The van der Waals surface area contributed by atoms with E-state index in [0.29, 0.717) is 28.2 Å². The van der Waals surface area contributed by atoms with Gasteiger partial charge in [-0.25, -0.2) is 19.7 Å². The van der Waals surface area contributed by atoms with Crippen LogP contribution in [0.4, 0.5) is 5.69 Å². The number of benzene rings is 1. The van der Waals surface area contributed by atoms with E-state index in [1.165, 1.54) is 6.92 Å². The van der Waals surface area contributed by atoms with Crippen molar-refractivity contribution in [1.29, 1.82) is 0 Å². The number of aliphatic carboxylic acids is 1. The summed E-state index contributed by atoms with van der Waals surface area (Å²) in [7, 11) is 3.63. The molecule has 1 aromatic carbocycles. The van der Waals surface area contributed by atoms with Gasteiger partial charge in [-0.2, -0.15) is 0 Å². The zero-order valence-electron chi connectivity index (χ0n) is 22.5. The molecule has 0 fully saturated rings. The van der Waals surface area contributed by atoms with E-state index in [-0.39, 0.29) is 16.4 Å². The second kappa shape index (κ2) is 11.7. The number of imidazole rings is 2. The van der Waals surface area contributed by atoms with Crippen molar-refractivity contribution in [2.75, 3.05) is 11.5 Å². The Morgan fingerprint density at radius 2 is 1.45 bits per heavy atom. The zero-order valence-corrected chi connectivity index (χ0v) is 25.0. The number of aromatic nitrogens is 4. The molecule has 0 spiro atoms. The van der Waals surface area contributed by atoms with Gasteiger partial charge in [-0.3, -0.25) is 9.59 Å². The number of nitrogens with zero attached hydrogens (tertiary/aromatic N) is 5. The highest BCUT2D eigenvalue weighted by Crippen LogP contribution is 2.43. The van der Waals surface area contributed by atoms with E-state index in [2.05, 4.69) is 22.6 Å². The number of carboxylic acid groups (broad SMARTS) is 1. The first-order valence-corrected chi connectivity index (χ1v) is 14.2. The van der Waals surface area contributed by atoms with Crippen LogP contribution in [0.2, 0.25) is 0 Å². The van der Waals surface area contributed by atoms with Crippen LogP contribution in [-0.4, -0.2) is 59.1 Å². The number of hydrogen-bond donors (Lipinski definition) is 2. The molecule has 2 amide bonds. The summed E-state index contributed by atoms with van der Waals surface area (Å²) in [6.07, 6.45) is 7.19. The maximum atomic E-state index is 13.6. The molecule has 2 aromatic heterocycles. The van der Waals surface area contributed by atoms with Gasteiger partial charge in [0.25, 0.3) is 11.8 Å². The van der Waals surface area contributed by atoms with Crippen LogP contribution in [0, 0.1) is 0 Å². The quantitative estimate of drug-likeness (QED) is 0.177. The molecule has 3 aromatic rings. The maximum absolute atomic E-state index is 13.6. The Labute approximate surface area is 245 Å². The molecular weight excluding hydrogens is 575 g/mol. The van der Waals surface area contributed by atoms with Crippen molar-refractivity contribution in [2.24, 2.45) is 14.1 Å². The maximum Gasteiger partial charge on any atom is 0.346 e. The number of ether oxygens (including phenoxy) is 2. The summed E-state index contributed by atoms with van der Waals surface area (Å²) in [4.78, 5) is 47.0. The summed E-state index contributed by atoms with van der Waals surface area (Å²) in [5.41, 5.74) is -0.299. The van der Waals surface area contributed by atoms with E-state index in [1.54, 1.807) is 58.2 Å². The van der Waals surface area contributed by atoms with Gasteiger partial charge in [-0.15, -0.1) is 12.6 Å². The molecule has 0 aliphatic carbocycles. The molecule has 0 radical (unpaired) electrons. The van der Waals surface area contributed by atoms with Gasteiger partial charge in [-0.05, 0) is 68.6 Å². The number of anilines is 1. The van der Waals surface area contributed by atoms with Crippen LogP contribution in [0.15, 0.2) is 69.2 Å². The van der Waals surface area contributed by atoms with E-state index in [1.807, 2.05) is 27.9 Å². The lowest BCUT2D eigenvalue weighted by atomic mass is 10.1. The average Bonchev–Trinajstić information content (AvgIpc) is 3.54. The van der Waals surface area contributed by atoms with E-state index in [9.17, 15) is 14.4 Å². The van der Waals surface area contributed by atoms with Crippen molar-refractivity contribution in [3.05, 3.63) is 58.9 Å². The molecule has 1 N–H and O–H groups in total. The third-order valence-corrected chi connectivity index (χ3v) is 8.68. The van der Waals surface area contributed by atoms with Crippen LogP contribution in [0.3, 0.4) is 0 Å². The minimum absolute atomic E-state index is 0.118. The van der Waals surface area contributed by atoms with Crippen LogP contribution in [-0.2, 0) is 33.2 Å². The van der Waals surface area contributed by atoms with E-state index in [0.717, 1.165) is 28.4 Å². The predicted molar refractivity (Wildman–Crippen MR) is 154 cm³/mol. The highest BCUT2D eigenvalue weighted by molar-refractivity contribution is 8.08. The molecule has 4 rings (SSSR count). The van der Waals surface area contributed by atoms with E-state index in [4.69, 9.17) is 14.6 Å². The first kappa shape index (κ1) is 29.8. The Balaban J connectivity index is 1.51. The number of aryl methyl sites for hydroxylation is 2. The Kier molecular flexibility index (Phi) is 8.73. The van der Waals surface area contributed by atoms with Crippen LogP contribution >= 0.6 is 36.2 Å². The third kappa shape index (κ3) is 6.57. The lowest BCUT2D eigenvalue weighted by Crippen LogP contribution is -2.36. The van der Waals surface area contributed by atoms with Crippen LogP contribution < -0.4 is 9.64 Å². The molecule has 0 saturated carbocycles. The minimum Gasteiger partial charge on any atom is -0.488 e. The van der Waals surface area contributed by atoms with Crippen LogP contribution in [0.5, 0.6) is 5.75 Å². The minimum atomic E-state index is -1.60. The smallest absolute Gasteiger partial charge is 0.346 e. The summed E-state index contributed by atoms with van der Waals surface area (Å²) >= 11 is 6.28. The molecule has 1 aliphatic rings. The fourth-order valence-electron chi connectivity index (χ4n) is 3.58. The number of carboxylic acids is 1. The first-order valence-electron chi connectivity index (χ1n) is 12.1. The van der Waals surface area contributed by atoms with Gasteiger partial charge in [0, 0.05) is 45.3 Å². The van der Waals surface area contributed by atoms with Crippen molar-refractivity contribution < 1.29 is 29.0 Å². The summed E-state index contributed by atoms with van der Waals surface area (Å²) < 4.78 is 15.0. The van der Waals surface area contributed by atoms with Crippen LogP contribution in [0.25, 0.3) is 0 Å². The van der Waals surface area contributed by atoms with E-state index >= 15 is 0 Å². The van der Waals surface area contributed by atoms with Gasteiger partial charge in [0.1, 0.15) is 21.2 Å². The summed E-state index contributed by atoms with van der Waals surface area (Å²) in [5, 5.41) is 10.3. The largest absolute Gasteiger partial charge is 0.488 e. The van der Waals surface area contributed by atoms with E-state index < -0.39 is 28.3 Å². The molecule has 1 atom stereocenters. The monoisotopic (exact) mass is 603 g/mol. The zero-order chi connectivity index (χ0) is 29.2. The van der Waals surface area contributed by atoms with Crippen molar-refractivity contribution in [2.45, 2.75) is 48.0 Å². The molecule has 0 bridgehead atoms. The molecule has 3 heterocycles. The number of amides is 2. The Hall–Kier alpha value is -3.20. The first-order chi connectivity index (χ1) is 18.8. The number of carbonyl (C=O) groups is 3. The predicted octanol–water partition coefficient (Wildman–Crippen LogP) is 4.12. The molecule has 0 saturated heterocycles. The standard InChI is InChI=1S/C26H29N5O6S3/c1-25(2,10-15-36-26(3,38)22(34)35)37-17-8-6-16(7-9-17)31-20(32)18(39-23-27-11-13-29(23)4)19(21(31)33)40-24-28-12-14-30(24)5/h6-9,11-14,38H,10,15H2,1-5H3,(H,34,35). The van der Waals surface area contributed by atoms with Crippen molar-refractivity contribution in [3.63, 3.8) is 0 Å². The molecular formula is C26H29N5O6S3. The third-order valence-electron chi connectivity index (χ3n) is 5.91. The van der Waals surface area contributed by atoms with Crippen molar-refractivity contribution in [3.8, 4) is 5.75 Å². The second-order valence-electron chi connectivity index (χ2n) is 9.69. The van der Waals surface area contributed by atoms with Gasteiger partial charge < -0.3 is 23.7 Å². The molecule has 1 aliphatic heterocycles. The van der Waals surface area contributed by atoms with Gasteiger partial charge in [0.2, 0.25) is 4.93 Å². The second-order valence-corrected chi connectivity index (χ2v) is 12.5. The number of rotatable bonds is 12. The molecule has 1 unspecified atom stereocenters. The summed E-state index contributed by atoms with van der Waals surface area (Å²) in [6, 6.07) is 6.64. The van der Waals surface area contributed by atoms with Crippen LogP contribution in [0.1, 0.15) is 27.2 Å². The summed E-state index contributed by atoms with van der Waals surface area (Å²) in [6.45, 7) is 5.18. The highest BCUT2D eigenvalue weighted by Gasteiger charge is 2.41. The Morgan fingerprint density at radius 1 is 0.950 bits per heavy atom. The Bertz CT molecular complexity index is 1400. The Morgan fingerprint density at radius 3 is 1.88 bits per heavy atom. The number of carbonyl (C=O) groups excluding carboxylic acids is 2. The molecule has 212 valence electrons. The normalized spacial score (nSPS) is 15.6. The van der Waals surface area contributed by atoms with Gasteiger partial charge >= 0.3 is 5.97 Å². The van der Waals surface area contributed by atoms with Crippen molar-refractivity contribution >= 4 is 59.6 Å². The van der Waals surface area contributed by atoms with Gasteiger partial charge in [-0.1, -0.05) is 0 Å². The summed E-state index contributed by atoms with van der Waals surface area (Å²) in [5.74, 6) is -1.56. The number of imide groups is 1. The molecule has 14 heteroatoms. The number of thioether (sulfide) groups is 2. The van der Waals surface area contributed by atoms with Gasteiger partial charge in [0.05, 0.1) is 12.3 Å². The fraction of sp³-hybridized carbons (Fsp3) is 0.346. The average molecular weight is 604 g/mol. The fourth-order valence-corrected chi connectivity index (χ4v) is 5.64. The topological polar surface area (TPSA) is 129 Å². The number of hydrogen-bond acceptors (Lipinski definition) is 10. The molecule has 11 nitrogen and oxygen atoms in total. The van der Waals surface area contributed by atoms with Gasteiger partial charge in [0.15, 0.2) is 10.3 Å². The SMILES string of the molecule is Cn1ccnc1SC1=C(Sc2nccn2C)C(=O)N(c2ccc(OC(C)(C)CCOC(C)(S)C(=O)O)cc2)C1=O. The lowest BCUT2D eigenvalue weighted by Gasteiger charge is -2.28.